The zero-order valence-corrected chi connectivity index (χ0v) is 8.05. The summed E-state index contributed by atoms with van der Waals surface area (Å²) in [6, 6.07) is -2.34. The zero-order valence-electron chi connectivity index (χ0n) is 7.30. The Labute approximate surface area is 80.8 Å². The predicted octanol–water partition coefficient (Wildman–Crippen LogP) is 0.958. The van der Waals surface area contributed by atoms with Gasteiger partial charge in [-0.05, 0) is 12.3 Å². The molecule has 0 aromatic rings. The highest BCUT2D eigenvalue weighted by atomic mass is 35.5. The first-order valence-electron chi connectivity index (χ1n) is 4.11. The third-order valence-corrected chi connectivity index (χ3v) is 2.44. The van der Waals surface area contributed by atoms with Crippen molar-refractivity contribution in [2.24, 2.45) is 5.92 Å². The van der Waals surface area contributed by atoms with Crippen molar-refractivity contribution in [3.05, 3.63) is 0 Å². The number of alkyl halides is 1. The minimum atomic E-state index is -1.44. The largest absolute Gasteiger partial charge is 0.328 e. The van der Waals surface area contributed by atoms with Crippen LogP contribution in [0.2, 0.25) is 0 Å². The fourth-order valence-corrected chi connectivity index (χ4v) is 1.77. The molecule has 2 atom stereocenters. The van der Waals surface area contributed by atoms with Gasteiger partial charge in [0.15, 0.2) is 0 Å². The lowest BCUT2D eigenvalue weighted by atomic mass is 10.1. The minimum absolute atomic E-state index is 0.164. The van der Waals surface area contributed by atoms with Crippen LogP contribution >= 0.6 is 11.6 Å². The third-order valence-electron chi connectivity index (χ3n) is 2.21. The van der Waals surface area contributed by atoms with Gasteiger partial charge in [0.05, 0.1) is 0 Å². The second-order valence-corrected chi connectivity index (χ2v) is 3.61. The van der Waals surface area contributed by atoms with E-state index in [1.54, 1.807) is 0 Å². The van der Waals surface area contributed by atoms with Crippen LogP contribution in [0, 0.1) is 5.92 Å². The Bertz CT molecular complexity index is 234. The van der Waals surface area contributed by atoms with Gasteiger partial charge >= 0.3 is 6.04 Å². The van der Waals surface area contributed by atoms with Gasteiger partial charge in [0.25, 0.3) is 0 Å². The van der Waals surface area contributed by atoms with Crippen molar-refractivity contribution < 1.29 is 14.0 Å². The van der Waals surface area contributed by atoms with Crippen LogP contribution in [0.3, 0.4) is 0 Å². The third kappa shape index (κ3) is 2.18. The van der Waals surface area contributed by atoms with Crippen LogP contribution in [0.4, 0.5) is 4.39 Å². The molecule has 1 rings (SSSR count). The molecule has 1 amide bonds. The summed E-state index contributed by atoms with van der Waals surface area (Å²) in [6.07, 6.45) is 0.401. The van der Waals surface area contributed by atoms with E-state index in [1.165, 1.54) is 4.90 Å². The maximum atomic E-state index is 12.5. The Hall–Kier alpha value is -0.640. The molecule has 1 fully saturated rings. The number of hydrogen-bond acceptors (Lipinski definition) is 2. The van der Waals surface area contributed by atoms with Gasteiger partial charge in [-0.2, -0.15) is 4.39 Å². The van der Waals surface area contributed by atoms with E-state index in [2.05, 4.69) is 0 Å². The highest BCUT2D eigenvalue weighted by Gasteiger charge is 2.37. The van der Waals surface area contributed by atoms with Crippen LogP contribution in [0.5, 0.6) is 0 Å². The van der Waals surface area contributed by atoms with Crippen molar-refractivity contribution in [3.8, 4) is 0 Å². The minimum Gasteiger partial charge on any atom is -0.328 e. The Kier molecular flexibility index (Phi) is 3.25. The molecule has 0 bridgehead atoms. The van der Waals surface area contributed by atoms with E-state index in [1.807, 2.05) is 6.92 Å². The first kappa shape index (κ1) is 10.4. The van der Waals surface area contributed by atoms with Crippen molar-refractivity contribution >= 4 is 23.5 Å². The summed E-state index contributed by atoms with van der Waals surface area (Å²) in [5.41, 5.74) is 0. The molecule has 13 heavy (non-hydrogen) atoms. The molecule has 0 N–H and O–H groups in total. The van der Waals surface area contributed by atoms with E-state index in [0.29, 0.717) is 13.0 Å². The molecule has 1 aliphatic heterocycles. The Morgan fingerprint density at radius 1 is 1.62 bits per heavy atom. The number of carbonyl (C=O) groups is 2. The maximum Gasteiger partial charge on any atom is 0.323 e. The van der Waals surface area contributed by atoms with Crippen LogP contribution in [0.15, 0.2) is 0 Å². The SMILES string of the molecule is CC1C[C@@H](C(=O)F)N(C(=O)CCl)C1. The first-order chi connectivity index (χ1) is 6.06. The summed E-state index contributed by atoms with van der Waals surface area (Å²) in [7, 11) is 0. The van der Waals surface area contributed by atoms with Gasteiger partial charge in [0.2, 0.25) is 5.91 Å². The van der Waals surface area contributed by atoms with Crippen molar-refractivity contribution in [2.45, 2.75) is 19.4 Å². The summed E-state index contributed by atoms with van der Waals surface area (Å²) < 4.78 is 12.5. The highest BCUT2D eigenvalue weighted by molar-refractivity contribution is 6.27. The van der Waals surface area contributed by atoms with E-state index in [9.17, 15) is 14.0 Å². The normalized spacial score (nSPS) is 27.8. The molecule has 0 spiro atoms. The van der Waals surface area contributed by atoms with Crippen LogP contribution in [-0.2, 0) is 9.59 Å². The fourth-order valence-electron chi connectivity index (χ4n) is 1.61. The van der Waals surface area contributed by atoms with Gasteiger partial charge < -0.3 is 4.90 Å². The van der Waals surface area contributed by atoms with Gasteiger partial charge in [-0.1, -0.05) is 6.92 Å². The van der Waals surface area contributed by atoms with Gasteiger partial charge in [-0.25, -0.2) is 0 Å². The molecule has 0 aromatic carbocycles. The van der Waals surface area contributed by atoms with Crippen LogP contribution in [0.25, 0.3) is 0 Å². The molecule has 0 aromatic heterocycles. The lowest BCUT2D eigenvalue weighted by molar-refractivity contribution is -0.141. The van der Waals surface area contributed by atoms with Crippen LogP contribution in [-0.4, -0.2) is 35.3 Å². The van der Waals surface area contributed by atoms with Gasteiger partial charge in [0.1, 0.15) is 11.9 Å². The van der Waals surface area contributed by atoms with E-state index < -0.39 is 12.1 Å². The molecular weight excluding hydrogens is 197 g/mol. The van der Waals surface area contributed by atoms with E-state index in [4.69, 9.17) is 11.6 Å². The molecule has 1 saturated heterocycles. The van der Waals surface area contributed by atoms with Crippen molar-refractivity contribution in [1.29, 1.82) is 0 Å². The van der Waals surface area contributed by atoms with E-state index >= 15 is 0 Å². The molecule has 1 aliphatic rings. The summed E-state index contributed by atoms with van der Waals surface area (Å²) in [5, 5.41) is 0. The number of carbonyl (C=O) groups excluding carboxylic acids is 2. The molecule has 0 radical (unpaired) electrons. The summed E-state index contributed by atoms with van der Waals surface area (Å²) >= 11 is 5.32. The van der Waals surface area contributed by atoms with Crippen molar-refractivity contribution in [2.75, 3.05) is 12.4 Å². The molecule has 1 unspecified atom stereocenters. The Morgan fingerprint density at radius 2 is 2.23 bits per heavy atom. The summed E-state index contributed by atoms with van der Waals surface area (Å²) in [5.74, 6) is -0.407. The molecule has 0 saturated carbocycles. The first-order valence-corrected chi connectivity index (χ1v) is 4.64. The second-order valence-electron chi connectivity index (χ2n) is 3.34. The lowest BCUT2D eigenvalue weighted by Gasteiger charge is -2.19. The smallest absolute Gasteiger partial charge is 0.323 e. The van der Waals surface area contributed by atoms with Crippen molar-refractivity contribution in [1.82, 2.24) is 4.90 Å². The topological polar surface area (TPSA) is 37.4 Å². The number of rotatable bonds is 2. The average Bonchev–Trinajstić information content (AvgIpc) is 2.46. The summed E-state index contributed by atoms with van der Waals surface area (Å²) in [6.45, 7) is 2.29. The molecule has 0 aliphatic carbocycles. The lowest BCUT2D eigenvalue weighted by Crippen LogP contribution is -2.39. The molecule has 3 nitrogen and oxygen atoms in total. The van der Waals surface area contributed by atoms with E-state index in [0.717, 1.165) is 0 Å². The number of halogens is 2. The van der Waals surface area contributed by atoms with Gasteiger partial charge in [-0.3, -0.25) is 9.59 Å². The van der Waals surface area contributed by atoms with Gasteiger partial charge in [-0.15, -0.1) is 11.6 Å². The van der Waals surface area contributed by atoms with Crippen LogP contribution < -0.4 is 0 Å². The predicted molar refractivity (Wildman–Crippen MR) is 46.1 cm³/mol. The van der Waals surface area contributed by atoms with Gasteiger partial charge in [0, 0.05) is 6.54 Å². The standard InChI is InChI=1S/C8H11ClFNO2/c1-5-2-6(8(10)13)11(4-5)7(12)3-9/h5-6H,2-4H2,1H3/t5?,6-/m0/s1. The van der Waals surface area contributed by atoms with Crippen molar-refractivity contribution in [3.63, 3.8) is 0 Å². The summed E-state index contributed by atoms with van der Waals surface area (Å²) in [4.78, 5) is 22.9. The molecule has 5 heteroatoms. The quantitative estimate of drug-likeness (QED) is 0.500. The average molecular weight is 208 g/mol. The molecule has 74 valence electrons. The number of likely N-dealkylation sites (tertiary alicyclic amines) is 1. The highest BCUT2D eigenvalue weighted by Crippen LogP contribution is 2.23. The number of hydrogen-bond donors (Lipinski definition) is 0. The number of amides is 1. The Balaban J connectivity index is 2.71. The number of nitrogens with zero attached hydrogens (tertiary/aromatic N) is 1. The zero-order chi connectivity index (χ0) is 10.0. The molecular formula is C8H11ClFNO2. The van der Waals surface area contributed by atoms with Crippen LogP contribution in [0.1, 0.15) is 13.3 Å². The Morgan fingerprint density at radius 3 is 2.69 bits per heavy atom. The monoisotopic (exact) mass is 207 g/mol. The molecule has 1 heterocycles. The van der Waals surface area contributed by atoms with E-state index in [-0.39, 0.29) is 17.7 Å². The second kappa shape index (κ2) is 4.05. The maximum absolute atomic E-state index is 12.5. The fraction of sp³-hybridized carbons (Fsp3) is 0.750.